The molecule has 0 bridgehead atoms. The summed E-state index contributed by atoms with van der Waals surface area (Å²) in [7, 11) is -3.51. The first-order chi connectivity index (χ1) is 14.6. The van der Waals surface area contributed by atoms with Crippen LogP contribution in [0, 0.1) is 0 Å². The topological polar surface area (TPSA) is 79.0 Å². The number of para-hydroxylation sites is 2. The summed E-state index contributed by atoms with van der Waals surface area (Å²) >= 11 is 0. The Morgan fingerprint density at radius 1 is 0.900 bits per heavy atom. The molecule has 2 aromatic carbocycles. The normalized spacial score (nSPS) is 16.1. The minimum atomic E-state index is -3.51. The zero-order valence-electron chi connectivity index (χ0n) is 16.4. The van der Waals surface area contributed by atoms with Gasteiger partial charge in [0.2, 0.25) is 10.0 Å². The summed E-state index contributed by atoms with van der Waals surface area (Å²) in [4.78, 5) is 12.7. The van der Waals surface area contributed by atoms with Crippen molar-refractivity contribution in [3.63, 3.8) is 0 Å². The van der Waals surface area contributed by atoms with E-state index in [0.717, 1.165) is 41.0 Å². The van der Waals surface area contributed by atoms with Gasteiger partial charge in [0, 0.05) is 30.8 Å². The third-order valence-corrected chi connectivity index (χ3v) is 7.61. The summed E-state index contributed by atoms with van der Waals surface area (Å²) in [5, 5.41) is 0. The quantitative estimate of drug-likeness (QED) is 0.539. The number of aromatic nitrogens is 3. The molecule has 2 aromatic heterocycles. The lowest BCUT2D eigenvalue weighted by Gasteiger charge is -2.30. The first-order valence-electron chi connectivity index (χ1n) is 10.1. The fourth-order valence-corrected chi connectivity index (χ4v) is 5.49. The summed E-state index contributed by atoms with van der Waals surface area (Å²) < 4.78 is 27.8. The van der Waals surface area contributed by atoms with Crippen LogP contribution in [0.4, 0.5) is 0 Å². The predicted molar refractivity (Wildman–Crippen MR) is 117 cm³/mol. The van der Waals surface area contributed by atoms with E-state index in [0.29, 0.717) is 18.0 Å². The molecule has 0 radical (unpaired) electrons. The number of sulfonamides is 1. The van der Waals surface area contributed by atoms with E-state index >= 15 is 0 Å². The van der Waals surface area contributed by atoms with E-state index in [2.05, 4.69) is 9.97 Å². The molecular weight excluding hydrogens is 396 g/mol. The molecule has 0 atom stereocenters. The number of pyridine rings is 1. The van der Waals surface area contributed by atoms with Crippen LogP contribution >= 0.6 is 0 Å². The highest BCUT2D eigenvalue weighted by Gasteiger charge is 2.31. The summed E-state index contributed by atoms with van der Waals surface area (Å²) in [5.74, 6) is 1.20. The Morgan fingerprint density at radius 3 is 2.33 bits per heavy atom. The van der Waals surface area contributed by atoms with Gasteiger partial charge in [0.25, 0.3) is 0 Å². The maximum Gasteiger partial charge on any atom is 0.243 e. The molecule has 1 aliphatic rings. The van der Waals surface area contributed by atoms with Crippen LogP contribution in [0.25, 0.3) is 22.3 Å². The van der Waals surface area contributed by atoms with E-state index in [4.69, 9.17) is 4.98 Å². The number of hydrogen-bond acceptors (Lipinski definition) is 4. The van der Waals surface area contributed by atoms with Gasteiger partial charge in [-0.05, 0) is 49.2 Å². The molecule has 1 N–H and O–H groups in total. The molecule has 5 rings (SSSR count). The number of benzene rings is 2. The number of H-pyrrole nitrogens is 1. The molecule has 3 heterocycles. The fourth-order valence-electron chi connectivity index (χ4n) is 4.02. The molecule has 1 fully saturated rings. The Kier molecular flexibility index (Phi) is 4.84. The summed E-state index contributed by atoms with van der Waals surface area (Å²) in [5.41, 5.74) is 3.71. The molecule has 0 aliphatic carbocycles. The summed E-state index contributed by atoms with van der Waals surface area (Å²) in [6, 6.07) is 20.6. The van der Waals surface area contributed by atoms with Gasteiger partial charge in [0.15, 0.2) is 0 Å². The SMILES string of the molecule is O=S(=O)(c1ccc(-c2ccccn2)cc1)N1CCC(c2nc3ccccc3[nH]2)CC1. The number of fused-ring (bicyclic) bond motifs is 1. The van der Waals surface area contributed by atoms with Gasteiger partial charge in [-0.15, -0.1) is 0 Å². The molecule has 7 heteroatoms. The average molecular weight is 419 g/mol. The van der Waals surface area contributed by atoms with Gasteiger partial charge in [-0.3, -0.25) is 4.98 Å². The monoisotopic (exact) mass is 418 g/mol. The molecule has 0 unspecified atom stereocenters. The molecular formula is C23H22N4O2S. The molecule has 1 saturated heterocycles. The Hall–Kier alpha value is -3.03. The summed E-state index contributed by atoms with van der Waals surface area (Å²) in [6.07, 6.45) is 3.24. The first-order valence-corrected chi connectivity index (χ1v) is 11.5. The number of nitrogens with zero attached hydrogens (tertiary/aromatic N) is 3. The van der Waals surface area contributed by atoms with Crippen molar-refractivity contribution in [2.45, 2.75) is 23.7 Å². The molecule has 30 heavy (non-hydrogen) atoms. The maximum atomic E-state index is 13.1. The smallest absolute Gasteiger partial charge is 0.243 e. The number of rotatable bonds is 4. The zero-order chi connectivity index (χ0) is 20.6. The lowest BCUT2D eigenvalue weighted by molar-refractivity contribution is 0.314. The van der Waals surface area contributed by atoms with Crippen molar-refractivity contribution in [3.05, 3.63) is 78.8 Å². The van der Waals surface area contributed by atoms with E-state index in [-0.39, 0.29) is 5.92 Å². The Labute approximate surface area is 175 Å². The van der Waals surface area contributed by atoms with E-state index in [1.807, 2.05) is 54.6 Å². The Balaban J connectivity index is 1.30. The zero-order valence-corrected chi connectivity index (χ0v) is 17.2. The lowest BCUT2D eigenvalue weighted by Crippen LogP contribution is -2.38. The van der Waals surface area contributed by atoms with Crippen LogP contribution in [0.1, 0.15) is 24.6 Å². The second-order valence-corrected chi connectivity index (χ2v) is 9.49. The number of imidazole rings is 1. The highest BCUT2D eigenvalue weighted by molar-refractivity contribution is 7.89. The lowest BCUT2D eigenvalue weighted by atomic mass is 9.97. The van der Waals surface area contributed by atoms with Crippen LogP contribution in [0.5, 0.6) is 0 Å². The first kappa shape index (κ1) is 19.0. The number of hydrogen-bond donors (Lipinski definition) is 1. The van der Waals surface area contributed by atoms with Gasteiger partial charge in [-0.1, -0.05) is 30.3 Å². The van der Waals surface area contributed by atoms with E-state index in [9.17, 15) is 8.42 Å². The molecule has 152 valence electrons. The van der Waals surface area contributed by atoms with Crippen molar-refractivity contribution in [1.82, 2.24) is 19.3 Å². The van der Waals surface area contributed by atoms with Gasteiger partial charge in [-0.25, -0.2) is 13.4 Å². The van der Waals surface area contributed by atoms with E-state index in [1.54, 1.807) is 22.6 Å². The minimum Gasteiger partial charge on any atom is -0.342 e. The van der Waals surface area contributed by atoms with Crippen LogP contribution in [-0.4, -0.2) is 40.8 Å². The van der Waals surface area contributed by atoms with Gasteiger partial charge in [-0.2, -0.15) is 4.31 Å². The number of aromatic amines is 1. The summed E-state index contributed by atoms with van der Waals surface area (Å²) in [6.45, 7) is 0.984. The Morgan fingerprint density at radius 2 is 1.63 bits per heavy atom. The van der Waals surface area contributed by atoms with Crippen molar-refractivity contribution >= 4 is 21.1 Å². The number of piperidine rings is 1. The van der Waals surface area contributed by atoms with Gasteiger partial charge in [0.05, 0.1) is 21.6 Å². The van der Waals surface area contributed by atoms with Crippen molar-refractivity contribution in [3.8, 4) is 11.3 Å². The van der Waals surface area contributed by atoms with Crippen LogP contribution in [0.15, 0.2) is 77.8 Å². The van der Waals surface area contributed by atoms with E-state index in [1.165, 1.54) is 0 Å². The molecule has 0 saturated carbocycles. The Bertz CT molecular complexity index is 1230. The third-order valence-electron chi connectivity index (χ3n) is 5.70. The highest BCUT2D eigenvalue weighted by atomic mass is 32.2. The van der Waals surface area contributed by atoms with E-state index < -0.39 is 10.0 Å². The van der Waals surface area contributed by atoms with Crippen molar-refractivity contribution in [2.24, 2.45) is 0 Å². The second-order valence-electron chi connectivity index (χ2n) is 7.56. The fraction of sp³-hybridized carbons (Fsp3) is 0.217. The largest absolute Gasteiger partial charge is 0.342 e. The van der Waals surface area contributed by atoms with Crippen LogP contribution < -0.4 is 0 Å². The van der Waals surface area contributed by atoms with Crippen LogP contribution in [0.2, 0.25) is 0 Å². The van der Waals surface area contributed by atoms with Gasteiger partial charge < -0.3 is 4.98 Å². The van der Waals surface area contributed by atoms with Crippen molar-refractivity contribution in [1.29, 1.82) is 0 Å². The molecule has 4 aromatic rings. The molecule has 6 nitrogen and oxygen atoms in total. The molecule has 0 amide bonds. The molecule has 0 spiro atoms. The standard InChI is InChI=1S/C23H22N4O2S/c28-30(29,19-10-8-17(9-11-19)20-5-3-4-14-24-20)27-15-12-18(13-16-27)23-25-21-6-1-2-7-22(21)26-23/h1-11,14,18H,12-13,15-16H2,(H,25,26). The van der Waals surface area contributed by atoms with Crippen molar-refractivity contribution < 1.29 is 8.42 Å². The predicted octanol–water partition coefficient (Wildman–Crippen LogP) is 4.19. The third kappa shape index (κ3) is 3.51. The minimum absolute atomic E-state index is 0.246. The van der Waals surface area contributed by atoms with Crippen molar-refractivity contribution in [2.75, 3.05) is 13.1 Å². The maximum absolute atomic E-state index is 13.1. The van der Waals surface area contributed by atoms with Gasteiger partial charge >= 0.3 is 0 Å². The second kappa shape index (κ2) is 7.66. The highest BCUT2D eigenvalue weighted by Crippen LogP contribution is 2.31. The number of nitrogens with one attached hydrogen (secondary N) is 1. The van der Waals surface area contributed by atoms with Crippen LogP contribution in [0.3, 0.4) is 0 Å². The average Bonchev–Trinajstić information content (AvgIpc) is 3.24. The van der Waals surface area contributed by atoms with Crippen LogP contribution in [-0.2, 0) is 10.0 Å². The molecule has 1 aliphatic heterocycles. The van der Waals surface area contributed by atoms with Gasteiger partial charge in [0.1, 0.15) is 5.82 Å².